The van der Waals surface area contributed by atoms with Gasteiger partial charge in [-0.3, -0.25) is 4.79 Å². The van der Waals surface area contributed by atoms with E-state index < -0.39 is 0 Å². The van der Waals surface area contributed by atoms with Gasteiger partial charge in [0.1, 0.15) is 11.6 Å². The van der Waals surface area contributed by atoms with Crippen LogP contribution in [0, 0.1) is 6.92 Å². The van der Waals surface area contributed by atoms with Crippen LogP contribution in [-0.2, 0) is 0 Å². The Morgan fingerprint density at radius 1 is 1.26 bits per heavy atom. The van der Waals surface area contributed by atoms with Gasteiger partial charge < -0.3 is 10.6 Å². The lowest BCUT2D eigenvalue weighted by molar-refractivity contribution is 0.102. The highest BCUT2D eigenvalue weighted by atomic mass is 16.1. The normalized spacial score (nSPS) is 10.0. The molecular weight excluding hydrogens is 240 g/mol. The summed E-state index contributed by atoms with van der Waals surface area (Å²) in [5, 5.41) is 5.86. The lowest BCUT2D eigenvalue weighted by Gasteiger charge is -2.08. The van der Waals surface area contributed by atoms with E-state index in [1.54, 1.807) is 24.5 Å². The van der Waals surface area contributed by atoms with Gasteiger partial charge in [0.2, 0.25) is 0 Å². The smallest absolute Gasteiger partial charge is 0.257 e. The zero-order valence-corrected chi connectivity index (χ0v) is 11.0. The lowest BCUT2D eigenvalue weighted by atomic mass is 10.2. The number of aryl methyl sites for hydroxylation is 1. The molecule has 0 unspecified atom stereocenters. The highest BCUT2D eigenvalue weighted by Gasteiger charge is 2.09. The van der Waals surface area contributed by atoms with E-state index in [9.17, 15) is 4.79 Å². The highest BCUT2D eigenvalue weighted by molar-refractivity contribution is 6.04. The second-order valence-corrected chi connectivity index (χ2v) is 4.08. The first-order chi connectivity index (χ1) is 9.20. The first-order valence-electron chi connectivity index (χ1n) is 6.13. The van der Waals surface area contributed by atoms with Crippen LogP contribution in [0.3, 0.4) is 0 Å². The zero-order chi connectivity index (χ0) is 13.7. The maximum Gasteiger partial charge on any atom is 0.257 e. The first-order valence-corrected chi connectivity index (χ1v) is 6.13. The fourth-order valence-electron chi connectivity index (χ4n) is 1.65. The maximum absolute atomic E-state index is 12.1. The predicted molar refractivity (Wildman–Crippen MR) is 75.3 cm³/mol. The topological polar surface area (TPSA) is 66.9 Å². The maximum atomic E-state index is 12.1. The van der Waals surface area contributed by atoms with Gasteiger partial charge in [0.25, 0.3) is 5.91 Å². The summed E-state index contributed by atoms with van der Waals surface area (Å²) < 4.78 is 0. The average molecular weight is 256 g/mol. The number of aromatic nitrogens is 2. The number of amides is 1. The SMILES string of the molecule is CCNc1cc(C(=O)Nc2ncccc2C)ccn1. The molecule has 0 aliphatic rings. The molecule has 19 heavy (non-hydrogen) atoms. The molecule has 5 heteroatoms. The Hall–Kier alpha value is -2.43. The van der Waals surface area contributed by atoms with Crippen molar-refractivity contribution in [2.45, 2.75) is 13.8 Å². The fraction of sp³-hybridized carbons (Fsp3) is 0.214. The van der Waals surface area contributed by atoms with E-state index in [2.05, 4.69) is 20.6 Å². The van der Waals surface area contributed by atoms with E-state index in [4.69, 9.17) is 0 Å². The van der Waals surface area contributed by atoms with Gasteiger partial charge in [0.15, 0.2) is 0 Å². The number of carbonyl (C=O) groups is 1. The number of nitrogens with one attached hydrogen (secondary N) is 2. The monoisotopic (exact) mass is 256 g/mol. The zero-order valence-electron chi connectivity index (χ0n) is 11.0. The van der Waals surface area contributed by atoms with E-state index >= 15 is 0 Å². The number of hydrogen-bond acceptors (Lipinski definition) is 4. The molecule has 98 valence electrons. The summed E-state index contributed by atoms with van der Waals surface area (Å²) in [5.74, 6) is 1.07. The minimum atomic E-state index is -0.191. The quantitative estimate of drug-likeness (QED) is 0.881. The predicted octanol–water partition coefficient (Wildman–Crippen LogP) is 2.47. The molecule has 2 aromatic rings. The molecule has 0 atom stereocenters. The average Bonchev–Trinajstić information content (AvgIpc) is 2.42. The summed E-state index contributed by atoms with van der Waals surface area (Å²) in [6, 6.07) is 7.13. The summed E-state index contributed by atoms with van der Waals surface area (Å²) in [7, 11) is 0. The molecule has 2 N–H and O–H groups in total. The third kappa shape index (κ3) is 3.28. The van der Waals surface area contributed by atoms with Gasteiger partial charge in [-0.15, -0.1) is 0 Å². The van der Waals surface area contributed by atoms with Crippen molar-refractivity contribution in [1.82, 2.24) is 9.97 Å². The van der Waals surface area contributed by atoms with Crippen molar-refractivity contribution in [3.05, 3.63) is 47.8 Å². The van der Waals surface area contributed by atoms with Crippen LogP contribution in [0.1, 0.15) is 22.8 Å². The second kappa shape index (κ2) is 5.95. The highest BCUT2D eigenvalue weighted by Crippen LogP contribution is 2.12. The van der Waals surface area contributed by atoms with Crippen LogP contribution in [0.4, 0.5) is 11.6 Å². The Labute approximate surface area is 112 Å². The second-order valence-electron chi connectivity index (χ2n) is 4.08. The minimum Gasteiger partial charge on any atom is -0.370 e. The largest absolute Gasteiger partial charge is 0.370 e. The van der Waals surface area contributed by atoms with Crippen molar-refractivity contribution in [3.8, 4) is 0 Å². The van der Waals surface area contributed by atoms with Crippen molar-refractivity contribution in [3.63, 3.8) is 0 Å². The van der Waals surface area contributed by atoms with Crippen molar-refractivity contribution in [2.24, 2.45) is 0 Å². The summed E-state index contributed by atoms with van der Waals surface area (Å²) in [4.78, 5) is 20.4. The van der Waals surface area contributed by atoms with Crippen LogP contribution in [0.25, 0.3) is 0 Å². The fourth-order valence-corrected chi connectivity index (χ4v) is 1.65. The van der Waals surface area contributed by atoms with E-state index in [1.165, 1.54) is 0 Å². The Morgan fingerprint density at radius 2 is 2.11 bits per heavy atom. The Bertz CT molecular complexity index is 583. The van der Waals surface area contributed by atoms with E-state index in [-0.39, 0.29) is 5.91 Å². The number of rotatable bonds is 4. The number of carbonyl (C=O) groups excluding carboxylic acids is 1. The molecule has 0 radical (unpaired) electrons. The number of hydrogen-bond donors (Lipinski definition) is 2. The van der Waals surface area contributed by atoms with Crippen LogP contribution in [-0.4, -0.2) is 22.4 Å². The third-order valence-corrected chi connectivity index (χ3v) is 2.62. The van der Waals surface area contributed by atoms with Crippen LogP contribution < -0.4 is 10.6 Å². The number of nitrogens with zero attached hydrogens (tertiary/aromatic N) is 2. The van der Waals surface area contributed by atoms with Gasteiger partial charge in [-0.2, -0.15) is 0 Å². The molecule has 0 aromatic carbocycles. The molecule has 0 aliphatic carbocycles. The van der Waals surface area contributed by atoms with E-state index in [0.29, 0.717) is 17.2 Å². The van der Waals surface area contributed by atoms with Crippen LogP contribution in [0.5, 0.6) is 0 Å². The molecule has 0 saturated heterocycles. The first kappa shape index (κ1) is 13.0. The summed E-state index contributed by atoms with van der Waals surface area (Å²) in [6.07, 6.45) is 3.26. The van der Waals surface area contributed by atoms with Gasteiger partial charge in [-0.25, -0.2) is 9.97 Å². The van der Waals surface area contributed by atoms with Crippen LogP contribution in [0.2, 0.25) is 0 Å². The van der Waals surface area contributed by atoms with Crippen LogP contribution >= 0.6 is 0 Å². The third-order valence-electron chi connectivity index (χ3n) is 2.62. The molecule has 2 rings (SSSR count). The van der Waals surface area contributed by atoms with Crippen molar-refractivity contribution >= 4 is 17.5 Å². The van der Waals surface area contributed by atoms with Crippen molar-refractivity contribution in [1.29, 1.82) is 0 Å². The van der Waals surface area contributed by atoms with Gasteiger partial charge in [0.05, 0.1) is 0 Å². The minimum absolute atomic E-state index is 0.191. The molecule has 1 amide bonds. The Balaban J connectivity index is 2.16. The number of anilines is 2. The van der Waals surface area contributed by atoms with Crippen LogP contribution in [0.15, 0.2) is 36.7 Å². The molecule has 0 spiro atoms. The molecule has 0 saturated carbocycles. The van der Waals surface area contributed by atoms with E-state index in [1.807, 2.05) is 26.0 Å². The van der Waals surface area contributed by atoms with Gasteiger partial charge in [-0.05, 0) is 37.6 Å². The van der Waals surface area contributed by atoms with Gasteiger partial charge >= 0.3 is 0 Å². The number of pyridine rings is 2. The van der Waals surface area contributed by atoms with Gasteiger partial charge in [0, 0.05) is 24.5 Å². The molecule has 5 nitrogen and oxygen atoms in total. The summed E-state index contributed by atoms with van der Waals surface area (Å²) in [6.45, 7) is 4.64. The molecule has 0 aliphatic heterocycles. The molecule has 0 fully saturated rings. The molecule has 0 bridgehead atoms. The van der Waals surface area contributed by atoms with Crippen molar-refractivity contribution in [2.75, 3.05) is 17.2 Å². The summed E-state index contributed by atoms with van der Waals surface area (Å²) in [5.41, 5.74) is 1.48. The molecule has 2 aromatic heterocycles. The molecule has 2 heterocycles. The summed E-state index contributed by atoms with van der Waals surface area (Å²) >= 11 is 0. The van der Waals surface area contributed by atoms with Crippen molar-refractivity contribution < 1.29 is 4.79 Å². The van der Waals surface area contributed by atoms with Gasteiger partial charge in [-0.1, -0.05) is 6.07 Å². The van der Waals surface area contributed by atoms with E-state index in [0.717, 1.165) is 12.1 Å². The molecular formula is C14H16N4O. The Kier molecular flexibility index (Phi) is 4.07. The lowest BCUT2D eigenvalue weighted by Crippen LogP contribution is -2.14. The Morgan fingerprint density at radius 3 is 2.84 bits per heavy atom. The standard InChI is InChI=1S/C14H16N4O/c1-3-15-12-9-11(6-8-16-12)14(19)18-13-10(2)5-4-7-17-13/h4-9H,3H2,1-2H3,(H,15,16)(H,17,18,19).